The summed E-state index contributed by atoms with van der Waals surface area (Å²) >= 11 is 0. The first-order valence-corrected chi connectivity index (χ1v) is 8.62. The van der Waals surface area contributed by atoms with Crippen molar-refractivity contribution in [1.29, 1.82) is 0 Å². The van der Waals surface area contributed by atoms with E-state index in [0.29, 0.717) is 19.5 Å². The predicted octanol–water partition coefficient (Wildman–Crippen LogP) is 0.648. The first kappa shape index (κ1) is 16.2. The summed E-state index contributed by atoms with van der Waals surface area (Å²) in [6.45, 7) is 1.13. The van der Waals surface area contributed by atoms with E-state index in [4.69, 9.17) is 0 Å². The molecule has 1 aromatic heterocycles. The number of sulfone groups is 1. The highest BCUT2D eigenvalue weighted by Gasteiger charge is 2.15. The molecule has 1 amide bonds. The van der Waals surface area contributed by atoms with E-state index < -0.39 is 9.84 Å². The summed E-state index contributed by atoms with van der Waals surface area (Å²) in [6, 6.07) is 8.14. The second-order valence-corrected chi connectivity index (χ2v) is 6.86. The number of aryl methyl sites for hydroxylation is 1. The molecule has 0 aliphatic rings. The van der Waals surface area contributed by atoms with Gasteiger partial charge in [0.1, 0.15) is 0 Å². The molecular weight excluding hydrogens is 304 g/mol. The number of amides is 1. The molecule has 2 aromatic rings. The van der Waals surface area contributed by atoms with Crippen molar-refractivity contribution in [1.82, 2.24) is 20.3 Å². The summed E-state index contributed by atoms with van der Waals surface area (Å²) in [5, 5.41) is 10.2. The van der Waals surface area contributed by atoms with Gasteiger partial charge in [0.15, 0.2) is 9.84 Å². The van der Waals surface area contributed by atoms with E-state index in [9.17, 15) is 13.2 Å². The topological polar surface area (TPSA) is 94.0 Å². The Labute approximate surface area is 129 Å². The fraction of sp³-hybridized carbons (Fsp3) is 0.357. The number of nitrogens with zero attached hydrogens (tertiary/aromatic N) is 3. The molecule has 22 heavy (non-hydrogen) atoms. The van der Waals surface area contributed by atoms with Gasteiger partial charge in [0.2, 0.25) is 5.91 Å². The van der Waals surface area contributed by atoms with E-state index in [1.807, 2.05) is 0 Å². The molecular formula is C14H18N4O3S. The van der Waals surface area contributed by atoms with Crippen LogP contribution in [0.25, 0.3) is 0 Å². The van der Waals surface area contributed by atoms with Crippen molar-refractivity contribution in [3.63, 3.8) is 0 Å². The monoisotopic (exact) mass is 322 g/mol. The Balaban J connectivity index is 1.69. The summed E-state index contributed by atoms with van der Waals surface area (Å²) in [6.07, 6.45) is 4.00. The Kier molecular flexibility index (Phi) is 5.65. The van der Waals surface area contributed by atoms with Gasteiger partial charge < -0.3 is 5.32 Å². The number of carbonyl (C=O) groups excluding carboxylic acids is 1. The average Bonchev–Trinajstić information content (AvgIpc) is 3.04. The highest BCUT2D eigenvalue weighted by atomic mass is 32.2. The predicted molar refractivity (Wildman–Crippen MR) is 80.8 cm³/mol. The molecule has 1 heterocycles. The Morgan fingerprint density at radius 2 is 2.00 bits per heavy atom. The van der Waals surface area contributed by atoms with Crippen LogP contribution in [0.15, 0.2) is 47.6 Å². The number of rotatable bonds is 8. The van der Waals surface area contributed by atoms with Crippen LogP contribution in [0, 0.1) is 0 Å². The molecule has 0 aliphatic carbocycles. The molecule has 0 atom stereocenters. The van der Waals surface area contributed by atoms with Gasteiger partial charge in [0.05, 0.1) is 16.8 Å². The number of aromatic nitrogens is 3. The Hall–Kier alpha value is -2.22. The lowest BCUT2D eigenvalue weighted by molar-refractivity contribution is -0.120. The lowest BCUT2D eigenvalue weighted by atomic mass is 10.4. The maximum atomic E-state index is 12.0. The smallest absolute Gasteiger partial charge is 0.221 e. The summed E-state index contributed by atoms with van der Waals surface area (Å²) < 4.78 is 25.7. The third-order valence-electron chi connectivity index (χ3n) is 3.06. The van der Waals surface area contributed by atoms with Gasteiger partial charge >= 0.3 is 0 Å². The van der Waals surface area contributed by atoms with Crippen LogP contribution in [0.1, 0.15) is 12.8 Å². The lowest BCUT2D eigenvalue weighted by Gasteiger charge is -2.06. The normalized spacial score (nSPS) is 11.3. The molecule has 0 fully saturated rings. The first-order valence-electron chi connectivity index (χ1n) is 6.96. The first-order chi connectivity index (χ1) is 10.6. The summed E-state index contributed by atoms with van der Waals surface area (Å²) in [4.78, 5) is 11.9. The maximum Gasteiger partial charge on any atom is 0.221 e. The molecule has 7 nitrogen and oxygen atoms in total. The van der Waals surface area contributed by atoms with E-state index in [1.165, 1.54) is 12.1 Å². The van der Waals surface area contributed by atoms with Gasteiger partial charge in [0, 0.05) is 25.7 Å². The molecule has 1 aromatic carbocycles. The highest BCUT2D eigenvalue weighted by molar-refractivity contribution is 7.91. The summed E-state index contributed by atoms with van der Waals surface area (Å²) in [5.41, 5.74) is 0. The molecule has 0 unspecified atom stereocenters. The van der Waals surface area contributed by atoms with Crippen molar-refractivity contribution in [3.8, 4) is 0 Å². The molecule has 8 heteroatoms. The SMILES string of the molecule is O=C(CCS(=O)(=O)c1ccccc1)NCCCn1ccnn1. The van der Waals surface area contributed by atoms with E-state index >= 15 is 0 Å². The number of nitrogens with one attached hydrogen (secondary N) is 1. The molecule has 0 spiro atoms. The molecule has 0 aliphatic heterocycles. The third-order valence-corrected chi connectivity index (χ3v) is 4.79. The fourth-order valence-electron chi connectivity index (χ4n) is 1.88. The lowest BCUT2D eigenvalue weighted by Crippen LogP contribution is -2.27. The Morgan fingerprint density at radius 3 is 2.68 bits per heavy atom. The van der Waals surface area contributed by atoms with Crippen molar-refractivity contribution in [2.75, 3.05) is 12.3 Å². The zero-order valence-electron chi connectivity index (χ0n) is 12.1. The van der Waals surface area contributed by atoms with Crippen LogP contribution in [-0.4, -0.2) is 41.6 Å². The van der Waals surface area contributed by atoms with Gasteiger partial charge in [-0.2, -0.15) is 0 Å². The minimum absolute atomic E-state index is 0.0411. The van der Waals surface area contributed by atoms with Crippen molar-refractivity contribution in [2.45, 2.75) is 24.3 Å². The van der Waals surface area contributed by atoms with E-state index in [1.54, 1.807) is 35.3 Å². The molecule has 0 radical (unpaired) electrons. The number of benzene rings is 1. The van der Waals surface area contributed by atoms with Gasteiger partial charge in [-0.1, -0.05) is 23.4 Å². The van der Waals surface area contributed by atoms with Crippen LogP contribution in [0.4, 0.5) is 0 Å². The second kappa shape index (κ2) is 7.69. The number of hydrogen-bond donors (Lipinski definition) is 1. The molecule has 2 rings (SSSR count). The van der Waals surface area contributed by atoms with E-state index in [0.717, 1.165) is 0 Å². The van der Waals surface area contributed by atoms with Crippen LogP contribution in [0.5, 0.6) is 0 Å². The third kappa shape index (κ3) is 4.96. The molecule has 0 saturated heterocycles. The maximum absolute atomic E-state index is 12.0. The van der Waals surface area contributed by atoms with Crippen LogP contribution in [-0.2, 0) is 21.2 Å². The van der Waals surface area contributed by atoms with Gasteiger partial charge in [0.25, 0.3) is 0 Å². The largest absolute Gasteiger partial charge is 0.356 e. The van der Waals surface area contributed by atoms with Gasteiger partial charge in [-0.3, -0.25) is 9.48 Å². The summed E-state index contributed by atoms with van der Waals surface area (Å²) in [7, 11) is -3.40. The molecule has 0 saturated carbocycles. The van der Waals surface area contributed by atoms with Crippen LogP contribution >= 0.6 is 0 Å². The highest BCUT2D eigenvalue weighted by Crippen LogP contribution is 2.10. The van der Waals surface area contributed by atoms with Gasteiger partial charge in [-0.15, -0.1) is 5.10 Å². The minimum Gasteiger partial charge on any atom is -0.356 e. The summed E-state index contributed by atoms with van der Waals surface area (Å²) in [5.74, 6) is -0.454. The Bertz CT molecular complexity index is 684. The quantitative estimate of drug-likeness (QED) is 0.720. The van der Waals surface area contributed by atoms with Crippen molar-refractivity contribution < 1.29 is 13.2 Å². The van der Waals surface area contributed by atoms with Crippen LogP contribution in [0.2, 0.25) is 0 Å². The fourth-order valence-corrected chi connectivity index (χ4v) is 3.14. The number of carbonyl (C=O) groups is 1. The van der Waals surface area contributed by atoms with Crippen molar-refractivity contribution >= 4 is 15.7 Å². The van der Waals surface area contributed by atoms with E-state index in [-0.39, 0.29) is 23.0 Å². The zero-order chi connectivity index (χ0) is 15.8. The average molecular weight is 322 g/mol. The van der Waals surface area contributed by atoms with Crippen molar-refractivity contribution in [3.05, 3.63) is 42.7 Å². The zero-order valence-corrected chi connectivity index (χ0v) is 12.9. The van der Waals surface area contributed by atoms with Gasteiger partial charge in [-0.25, -0.2) is 8.42 Å². The standard InChI is InChI=1S/C14H18N4O3S/c19-14(15-8-4-10-18-11-9-16-17-18)7-12-22(20,21)13-5-2-1-3-6-13/h1-3,5-6,9,11H,4,7-8,10,12H2,(H,15,19). The van der Waals surface area contributed by atoms with Crippen LogP contribution < -0.4 is 5.32 Å². The number of hydrogen-bond acceptors (Lipinski definition) is 5. The van der Waals surface area contributed by atoms with Crippen LogP contribution in [0.3, 0.4) is 0 Å². The molecule has 118 valence electrons. The molecule has 0 bridgehead atoms. The molecule has 1 N–H and O–H groups in total. The van der Waals surface area contributed by atoms with E-state index in [2.05, 4.69) is 15.6 Å². The van der Waals surface area contributed by atoms with Crippen molar-refractivity contribution in [2.24, 2.45) is 0 Å². The van der Waals surface area contributed by atoms with Gasteiger partial charge in [-0.05, 0) is 18.6 Å². The Morgan fingerprint density at radius 1 is 1.23 bits per heavy atom. The second-order valence-electron chi connectivity index (χ2n) is 4.75. The minimum atomic E-state index is -3.40.